The Morgan fingerprint density at radius 3 is 2.80 bits per heavy atom. The van der Waals surface area contributed by atoms with Gasteiger partial charge in [0.1, 0.15) is 0 Å². The second-order valence-electron chi connectivity index (χ2n) is 4.92. The summed E-state index contributed by atoms with van der Waals surface area (Å²) in [6.07, 6.45) is 5.06. The minimum absolute atomic E-state index is 0. The van der Waals surface area contributed by atoms with Crippen molar-refractivity contribution in [2.75, 3.05) is 19.6 Å². The molecule has 2 heterocycles. The first kappa shape index (κ1) is 13.2. The maximum absolute atomic E-state index is 5.95. The highest BCUT2D eigenvalue weighted by Crippen LogP contribution is 2.17. The van der Waals surface area contributed by atoms with Crippen molar-refractivity contribution >= 4 is 12.4 Å². The Labute approximate surface area is 99.2 Å². The number of rotatable bonds is 2. The average molecular weight is 234 g/mol. The molecule has 3 N–H and O–H groups in total. The summed E-state index contributed by atoms with van der Waals surface area (Å²) in [7, 11) is 0. The lowest BCUT2D eigenvalue weighted by Gasteiger charge is -2.37. The summed E-state index contributed by atoms with van der Waals surface area (Å²) in [6, 6.07) is 1.87. The van der Waals surface area contributed by atoms with Crippen molar-refractivity contribution in [2.45, 2.75) is 50.7 Å². The van der Waals surface area contributed by atoms with Crippen LogP contribution < -0.4 is 11.1 Å². The van der Waals surface area contributed by atoms with Crippen molar-refractivity contribution in [3.8, 4) is 0 Å². The molecular formula is C11H24ClN3. The molecule has 0 saturated carbocycles. The van der Waals surface area contributed by atoms with Gasteiger partial charge in [0.05, 0.1) is 0 Å². The molecule has 3 atom stereocenters. The first-order valence-corrected chi connectivity index (χ1v) is 5.98. The topological polar surface area (TPSA) is 41.3 Å². The molecule has 2 aliphatic rings. The molecule has 15 heavy (non-hydrogen) atoms. The van der Waals surface area contributed by atoms with Gasteiger partial charge in [0, 0.05) is 24.7 Å². The number of nitrogens with two attached hydrogens (primary N) is 1. The summed E-state index contributed by atoms with van der Waals surface area (Å²) in [5.41, 5.74) is 5.95. The molecule has 0 spiro atoms. The Morgan fingerprint density at radius 1 is 1.40 bits per heavy atom. The molecule has 0 aromatic heterocycles. The highest BCUT2D eigenvalue weighted by atomic mass is 35.5. The third-order valence-corrected chi connectivity index (χ3v) is 3.67. The fourth-order valence-corrected chi connectivity index (χ4v) is 2.72. The Kier molecular flexibility index (Phi) is 5.33. The summed E-state index contributed by atoms with van der Waals surface area (Å²) >= 11 is 0. The molecule has 3 nitrogen and oxygen atoms in total. The molecule has 90 valence electrons. The zero-order valence-electron chi connectivity index (χ0n) is 9.61. The SMILES string of the molecule is CC1CC(N)CCN1C[C@@H]1CCCN1.Cl. The van der Waals surface area contributed by atoms with Crippen LogP contribution in [0.25, 0.3) is 0 Å². The predicted molar refractivity (Wildman–Crippen MR) is 66.5 cm³/mol. The van der Waals surface area contributed by atoms with Gasteiger partial charge in [-0.1, -0.05) is 0 Å². The maximum Gasteiger partial charge on any atom is 0.0195 e. The third-order valence-electron chi connectivity index (χ3n) is 3.67. The number of hydrogen-bond donors (Lipinski definition) is 2. The zero-order valence-corrected chi connectivity index (χ0v) is 10.4. The largest absolute Gasteiger partial charge is 0.328 e. The quantitative estimate of drug-likeness (QED) is 0.747. The molecule has 2 saturated heterocycles. The van der Waals surface area contributed by atoms with Gasteiger partial charge in [0.2, 0.25) is 0 Å². The van der Waals surface area contributed by atoms with E-state index in [2.05, 4.69) is 17.1 Å². The fraction of sp³-hybridized carbons (Fsp3) is 1.00. The number of hydrogen-bond acceptors (Lipinski definition) is 3. The lowest BCUT2D eigenvalue weighted by atomic mass is 9.98. The minimum Gasteiger partial charge on any atom is -0.328 e. The Hall–Kier alpha value is 0.170. The molecule has 4 heteroatoms. The second-order valence-corrected chi connectivity index (χ2v) is 4.92. The number of likely N-dealkylation sites (tertiary alicyclic amines) is 1. The molecule has 2 rings (SSSR count). The molecule has 2 unspecified atom stereocenters. The molecular weight excluding hydrogens is 210 g/mol. The molecule has 0 aromatic carbocycles. The van der Waals surface area contributed by atoms with Crippen LogP contribution in [0.5, 0.6) is 0 Å². The average Bonchev–Trinajstić information content (AvgIpc) is 2.62. The van der Waals surface area contributed by atoms with Crippen molar-refractivity contribution in [2.24, 2.45) is 5.73 Å². The van der Waals surface area contributed by atoms with Crippen LogP contribution in [-0.4, -0.2) is 42.7 Å². The van der Waals surface area contributed by atoms with E-state index in [9.17, 15) is 0 Å². The van der Waals surface area contributed by atoms with Gasteiger partial charge in [0.25, 0.3) is 0 Å². The molecule has 2 fully saturated rings. The van der Waals surface area contributed by atoms with Gasteiger partial charge in [-0.05, 0) is 45.7 Å². The Morgan fingerprint density at radius 2 is 2.20 bits per heavy atom. The summed E-state index contributed by atoms with van der Waals surface area (Å²) in [6.45, 7) is 5.95. The van der Waals surface area contributed by atoms with Gasteiger partial charge in [-0.2, -0.15) is 0 Å². The van der Waals surface area contributed by atoms with Gasteiger partial charge in [-0.3, -0.25) is 4.90 Å². The predicted octanol–water partition coefficient (Wildman–Crippen LogP) is 0.972. The number of halogens is 1. The van der Waals surface area contributed by atoms with Crippen molar-refractivity contribution in [1.82, 2.24) is 10.2 Å². The van der Waals surface area contributed by atoms with Crippen LogP contribution in [0.1, 0.15) is 32.6 Å². The van der Waals surface area contributed by atoms with E-state index in [-0.39, 0.29) is 12.4 Å². The minimum atomic E-state index is 0. The van der Waals surface area contributed by atoms with Crippen LogP contribution in [0.2, 0.25) is 0 Å². The van der Waals surface area contributed by atoms with Crippen LogP contribution in [0, 0.1) is 0 Å². The van der Waals surface area contributed by atoms with Gasteiger partial charge >= 0.3 is 0 Å². The standard InChI is InChI=1S/C11H23N3.ClH/c1-9-7-10(12)4-6-14(9)8-11-3-2-5-13-11;/h9-11,13H,2-8,12H2,1H3;1H/t9?,10?,11-;/m0./s1. The second kappa shape index (κ2) is 6.04. The van der Waals surface area contributed by atoms with Crippen molar-refractivity contribution < 1.29 is 0 Å². The number of piperidine rings is 1. The summed E-state index contributed by atoms with van der Waals surface area (Å²) in [5.74, 6) is 0. The Bertz CT molecular complexity index is 183. The van der Waals surface area contributed by atoms with Gasteiger partial charge in [-0.25, -0.2) is 0 Å². The lowest BCUT2D eigenvalue weighted by molar-refractivity contribution is 0.136. The van der Waals surface area contributed by atoms with Gasteiger partial charge < -0.3 is 11.1 Å². The van der Waals surface area contributed by atoms with Crippen molar-refractivity contribution in [3.05, 3.63) is 0 Å². The van der Waals surface area contributed by atoms with Crippen molar-refractivity contribution in [1.29, 1.82) is 0 Å². The van der Waals surface area contributed by atoms with E-state index in [1.165, 1.54) is 45.3 Å². The van der Waals surface area contributed by atoms with Crippen LogP contribution in [0.3, 0.4) is 0 Å². The normalized spacial score (nSPS) is 37.6. The van der Waals surface area contributed by atoms with E-state index in [1.54, 1.807) is 0 Å². The highest BCUT2D eigenvalue weighted by Gasteiger charge is 2.26. The smallest absolute Gasteiger partial charge is 0.0195 e. The summed E-state index contributed by atoms with van der Waals surface area (Å²) < 4.78 is 0. The molecule has 2 aliphatic heterocycles. The fourth-order valence-electron chi connectivity index (χ4n) is 2.72. The van der Waals surface area contributed by atoms with E-state index in [1.807, 2.05) is 0 Å². The van der Waals surface area contributed by atoms with Crippen molar-refractivity contribution in [3.63, 3.8) is 0 Å². The molecule has 0 bridgehead atoms. The van der Waals surface area contributed by atoms with Crippen LogP contribution >= 0.6 is 12.4 Å². The summed E-state index contributed by atoms with van der Waals surface area (Å²) in [5, 5.41) is 3.56. The molecule has 0 amide bonds. The Balaban J connectivity index is 0.00000112. The third kappa shape index (κ3) is 3.59. The van der Waals surface area contributed by atoms with E-state index < -0.39 is 0 Å². The monoisotopic (exact) mass is 233 g/mol. The maximum atomic E-state index is 5.95. The first-order valence-electron chi connectivity index (χ1n) is 5.98. The van der Waals surface area contributed by atoms with E-state index in [0.717, 1.165) is 6.04 Å². The summed E-state index contributed by atoms with van der Waals surface area (Å²) in [4.78, 5) is 2.60. The number of nitrogens with one attached hydrogen (secondary N) is 1. The van der Waals surface area contributed by atoms with Gasteiger partial charge in [0.15, 0.2) is 0 Å². The van der Waals surface area contributed by atoms with Crippen LogP contribution in [-0.2, 0) is 0 Å². The van der Waals surface area contributed by atoms with Gasteiger partial charge in [-0.15, -0.1) is 12.4 Å². The number of nitrogens with zero attached hydrogens (tertiary/aromatic N) is 1. The van der Waals surface area contributed by atoms with Crippen LogP contribution in [0.15, 0.2) is 0 Å². The molecule has 0 aromatic rings. The highest BCUT2D eigenvalue weighted by molar-refractivity contribution is 5.85. The first-order chi connectivity index (χ1) is 6.75. The lowest BCUT2D eigenvalue weighted by Crippen LogP contribution is -2.49. The van der Waals surface area contributed by atoms with E-state index >= 15 is 0 Å². The van der Waals surface area contributed by atoms with E-state index in [4.69, 9.17) is 5.73 Å². The zero-order chi connectivity index (χ0) is 9.97. The molecule has 0 aliphatic carbocycles. The van der Waals surface area contributed by atoms with Crippen LogP contribution in [0.4, 0.5) is 0 Å². The molecule has 0 radical (unpaired) electrons. The van der Waals surface area contributed by atoms with E-state index in [0.29, 0.717) is 12.1 Å².